The molecule has 126 valence electrons. The smallest absolute Gasteiger partial charge is 0.322 e. The number of carbonyl (C=O) groups is 1. The Balaban J connectivity index is 3.04. The quantitative estimate of drug-likeness (QED) is 0.404. The third kappa shape index (κ3) is 15.5. The molecule has 0 aromatic heterocycles. The van der Waals surface area contributed by atoms with Crippen LogP contribution in [-0.2, 0) is 23.7 Å². The molecule has 0 saturated carbocycles. The molecule has 0 spiro atoms. The Morgan fingerprint density at radius 2 is 1.38 bits per heavy atom. The maximum atomic E-state index is 10.4. The van der Waals surface area contributed by atoms with Gasteiger partial charge in [0, 0.05) is 6.61 Å². The molecule has 7 nitrogen and oxygen atoms in total. The van der Waals surface area contributed by atoms with Crippen LogP contribution in [0.25, 0.3) is 0 Å². The van der Waals surface area contributed by atoms with Gasteiger partial charge in [0.1, 0.15) is 6.04 Å². The number of carboxylic acid groups (broad SMARTS) is 1. The number of hydrogen-bond donors (Lipinski definition) is 2. The molecule has 0 aromatic carbocycles. The van der Waals surface area contributed by atoms with E-state index in [4.69, 9.17) is 29.8 Å². The van der Waals surface area contributed by atoms with E-state index in [0.717, 1.165) is 13.0 Å². The van der Waals surface area contributed by atoms with Crippen LogP contribution >= 0.6 is 0 Å². The van der Waals surface area contributed by atoms with Crippen LogP contribution in [-0.4, -0.2) is 70.0 Å². The van der Waals surface area contributed by atoms with Crippen molar-refractivity contribution in [2.75, 3.05) is 52.9 Å². The molecule has 1 atom stereocenters. The van der Waals surface area contributed by atoms with E-state index in [1.807, 2.05) is 0 Å². The SMILES string of the molecule is CCCCCOCCOCCOCCOCC(N)C(=O)O. The number of nitrogens with two attached hydrogens (primary N) is 1. The van der Waals surface area contributed by atoms with Crippen LogP contribution in [0, 0.1) is 0 Å². The third-order valence-corrected chi connectivity index (χ3v) is 2.62. The van der Waals surface area contributed by atoms with Gasteiger partial charge >= 0.3 is 5.97 Å². The molecule has 0 bridgehead atoms. The van der Waals surface area contributed by atoms with Gasteiger partial charge in [-0.1, -0.05) is 19.8 Å². The van der Waals surface area contributed by atoms with Gasteiger partial charge in [-0.15, -0.1) is 0 Å². The van der Waals surface area contributed by atoms with Crippen LogP contribution in [0.2, 0.25) is 0 Å². The summed E-state index contributed by atoms with van der Waals surface area (Å²) in [5.74, 6) is -1.07. The number of ether oxygens (including phenoxy) is 4. The van der Waals surface area contributed by atoms with Crippen LogP contribution < -0.4 is 5.73 Å². The lowest BCUT2D eigenvalue weighted by Crippen LogP contribution is -2.35. The summed E-state index contributed by atoms with van der Waals surface area (Å²) in [5.41, 5.74) is 5.27. The molecule has 0 aliphatic rings. The molecular weight excluding hydrogens is 278 g/mol. The summed E-state index contributed by atoms with van der Waals surface area (Å²) in [4.78, 5) is 10.4. The highest BCUT2D eigenvalue weighted by Crippen LogP contribution is 1.93. The predicted octanol–water partition coefficient (Wildman–Crippen LogP) is 0.655. The van der Waals surface area contributed by atoms with Gasteiger partial charge < -0.3 is 29.8 Å². The first-order valence-corrected chi connectivity index (χ1v) is 7.47. The minimum Gasteiger partial charge on any atom is -0.480 e. The van der Waals surface area contributed by atoms with Crippen LogP contribution in [0.3, 0.4) is 0 Å². The molecule has 0 amide bonds. The van der Waals surface area contributed by atoms with Crippen molar-refractivity contribution in [1.29, 1.82) is 0 Å². The molecule has 0 saturated heterocycles. The molecule has 3 N–H and O–H groups in total. The Morgan fingerprint density at radius 1 is 0.905 bits per heavy atom. The highest BCUT2D eigenvalue weighted by Gasteiger charge is 2.10. The fourth-order valence-electron chi connectivity index (χ4n) is 1.40. The second-order valence-corrected chi connectivity index (χ2v) is 4.56. The summed E-state index contributed by atoms with van der Waals surface area (Å²) in [6.07, 6.45) is 3.50. The summed E-state index contributed by atoms with van der Waals surface area (Å²) < 4.78 is 21.0. The van der Waals surface area contributed by atoms with Crippen molar-refractivity contribution < 1.29 is 28.8 Å². The number of aliphatic carboxylic acids is 1. The second kappa shape index (κ2) is 15.7. The van der Waals surface area contributed by atoms with E-state index in [-0.39, 0.29) is 6.61 Å². The molecule has 7 heteroatoms. The highest BCUT2D eigenvalue weighted by molar-refractivity contribution is 5.73. The van der Waals surface area contributed by atoms with E-state index in [1.54, 1.807) is 0 Å². The Labute approximate surface area is 126 Å². The maximum absolute atomic E-state index is 10.4. The molecule has 0 fully saturated rings. The van der Waals surface area contributed by atoms with Gasteiger partial charge in [-0.05, 0) is 6.42 Å². The van der Waals surface area contributed by atoms with E-state index in [2.05, 4.69) is 6.92 Å². The zero-order valence-electron chi connectivity index (χ0n) is 12.9. The number of hydrogen-bond acceptors (Lipinski definition) is 6. The zero-order valence-corrected chi connectivity index (χ0v) is 12.9. The Bertz CT molecular complexity index is 240. The maximum Gasteiger partial charge on any atom is 0.322 e. The van der Waals surface area contributed by atoms with Crippen molar-refractivity contribution >= 4 is 5.97 Å². The largest absolute Gasteiger partial charge is 0.480 e. The summed E-state index contributed by atoms with van der Waals surface area (Å²) in [7, 11) is 0. The van der Waals surface area contributed by atoms with Crippen molar-refractivity contribution in [3.05, 3.63) is 0 Å². The van der Waals surface area contributed by atoms with Gasteiger partial charge in [-0.25, -0.2) is 0 Å². The van der Waals surface area contributed by atoms with Crippen molar-refractivity contribution in [2.45, 2.75) is 32.2 Å². The van der Waals surface area contributed by atoms with Crippen molar-refractivity contribution in [2.24, 2.45) is 5.73 Å². The Hall–Kier alpha value is -0.730. The lowest BCUT2D eigenvalue weighted by molar-refractivity contribution is -0.140. The van der Waals surface area contributed by atoms with Gasteiger partial charge in [-0.2, -0.15) is 0 Å². The molecule has 0 aliphatic carbocycles. The first-order chi connectivity index (χ1) is 10.2. The fourth-order valence-corrected chi connectivity index (χ4v) is 1.40. The summed E-state index contributed by atoms with van der Waals surface area (Å²) in [6.45, 7) is 5.82. The average Bonchev–Trinajstić information content (AvgIpc) is 2.47. The van der Waals surface area contributed by atoms with Gasteiger partial charge in [0.15, 0.2) is 0 Å². The summed E-state index contributed by atoms with van der Waals surface area (Å²) in [5, 5.41) is 8.52. The molecule has 0 heterocycles. The molecule has 0 rings (SSSR count). The minimum absolute atomic E-state index is 0.00936. The fraction of sp³-hybridized carbons (Fsp3) is 0.929. The van der Waals surface area contributed by atoms with Crippen LogP contribution in [0.4, 0.5) is 0 Å². The predicted molar refractivity (Wildman–Crippen MR) is 78.4 cm³/mol. The first kappa shape index (κ1) is 20.3. The zero-order chi connectivity index (χ0) is 15.8. The van der Waals surface area contributed by atoms with Crippen LogP contribution in [0.5, 0.6) is 0 Å². The van der Waals surface area contributed by atoms with Crippen LogP contribution in [0.1, 0.15) is 26.2 Å². The normalized spacial score (nSPS) is 12.5. The standard InChI is InChI=1S/C14H29NO6/c1-2-3-4-5-18-6-7-19-8-9-20-10-11-21-12-13(15)14(16)17/h13H,2-12,15H2,1H3,(H,16,17). The Kier molecular flexibility index (Phi) is 15.1. The molecule has 0 radical (unpaired) electrons. The number of unbranched alkanes of at least 4 members (excludes halogenated alkanes) is 2. The van der Waals surface area contributed by atoms with Crippen molar-refractivity contribution in [3.63, 3.8) is 0 Å². The topological polar surface area (TPSA) is 100 Å². The summed E-state index contributed by atoms with van der Waals surface area (Å²) >= 11 is 0. The second-order valence-electron chi connectivity index (χ2n) is 4.56. The van der Waals surface area contributed by atoms with Gasteiger partial charge in [0.2, 0.25) is 0 Å². The number of rotatable bonds is 16. The summed E-state index contributed by atoms with van der Waals surface area (Å²) in [6, 6.07) is -0.981. The minimum atomic E-state index is -1.07. The molecule has 21 heavy (non-hydrogen) atoms. The lowest BCUT2D eigenvalue weighted by atomic mass is 10.3. The van der Waals surface area contributed by atoms with E-state index in [1.165, 1.54) is 12.8 Å². The van der Waals surface area contributed by atoms with Gasteiger partial charge in [-0.3, -0.25) is 4.79 Å². The van der Waals surface area contributed by atoms with Crippen molar-refractivity contribution in [1.82, 2.24) is 0 Å². The van der Waals surface area contributed by atoms with E-state index in [0.29, 0.717) is 39.6 Å². The van der Waals surface area contributed by atoms with Crippen LogP contribution in [0.15, 0.2) is 0 Å². The van der Waals surface area contributed by atoms with E-state index < -0.39 is 12.0 Å². The molecule has 0 aliphatic heterocycles. The van der Waals surface area contributed by atoms with Crippen molar-refractivity contribution in [3.8, 4) is 0 Å². The third-order valence-electron chi connectivity index (χ3n) is 2.62. The molecule has 1 unspecified atom stereocenters. The lowest BCUT2D eigenvalue weighted by Gasteiger charge is -2.09. The monoisotopic (exact) mass is 307 g/mol. The molecule has 0 aromatic rings. The van der Waals surface area contributed by atoms with E-state index in [9.17, 15) is 4.79 Å². The molecular formula is C14H29NO6. The first-order valence-electron chi connectivity index (χ1n) is 7.47. The highest BCUT2D eigenvalue weighted by atomic mass is 16.6. The van der Waals surface area contributed by atoms with Gasteiger partial charge in [0.25, 0.3) is 0 Å². The van der Waals surface area contributed by atoms with E-state index >= 15 is 0 Å². The average molecular weight is 307 g/mol. The van der Waals surface area contributed by atoms with Gasteiger partial charge in [0.05, 0.1) is 46.2 Å². The Morgan fingerprint density at radius 3 is 1.86 bits per heavy atom. The number of carboxylic acids is 1.